The lowest BCUT2D eigenvalue weighted by molar-refractivity contribution is 0.545. The molecule has 0 amide bonds. The zero-order valence-corrected chi connectivity index (χ0v) is 9.81. The molecule has 0 spiro atoms. The summed E-state index contributed by atoms with van der Waals surface area (Å²) in [6.07, 6.45) is 4.15. The van der Waals surface area contributed by atoms with Crippen LogP contribution in [0, 0.1) is 17.2 Å². The fourth-order valence-corrected chi connectivity index (χ4v) is 2.49. The maximum absolute atomic E-state index is 8.73. The van der Waals surface area contributed by atoms with E-state index in [1.807, 2.05) is 6.07 Å². The smallest absolute Gasteiger partial charge is 0.110 e. The molecule has 1 unspecified atom stereocenters. The average Bonchev–Trinajstić information content (AvgIpc) is 2.94. The number of nitrogens with zero attached hydrogens (tertiary/aromatic N) is 1. The molecular formula is C12H16N2S. The van der Waals surface area contributed by atoms with Crippen LogP contribution in [0.15, 0.2) is 12.1 Å². The summed E-state index contributed by atoms with van der Waals surface area (Å²) >= 11 is 1.59. The lowest BCUT2D eigenvalue weighted by Crippen LogP contribution is -2.19. The van der Waals surface area contributed by atoms with E-state index in [9.17, 15) is 0 Å². The van der Waals surface area contributed by atoms with E-state index >= 15 is 0 Å². The number of rotatable bonds is 5. The van der Waals surface area contributed by atoms with Crippen molar-refractivity contribution in [2.45, 2.75) is 32.2 Å². The minimum atomic E-state index is 0.385. The van der Waals surface area contributed by atoms with Gasteiger partial charge in [-0.2, -0.15) is 5.26 Å². The Morgan fingerprint density at radius 3 is 3.00 bits per heavy atom. The number of hydrogen-bond acceptors (Lipinski definition) is 3. The Bertz CT molecular complexity index is 360. The van der Waals surface area contributed by atoms with Crippen LogP contribution >= 0.6 is 11.3 Å². The highest BCUT2D eigenvalue weighted by molar-refractivity contribution is 7.12. The first kappa shape index (κ1) is 10.7. The third kappa shape index (κ3) is 3.05. The molecule has 1 aromatic rings. The molecule has 1 atom stereocenters. The second-order valence-electron chi connectivity index (χ2n) is 4.22. The Hall–Kier alpha value is -0.850. The summed E-state index contributed by atoms with van der Waals surface area (Å²) in [6.45, 7) is 3.27. The summed E-state index contributed by atoms with van der Waals surface area (Å²) in [7, 11) is 0. The maximum Gasteiger partial charge on any atom is 0.110 e. The number of nitriles is 1. The van der Waals surface area contributed by atoms with E-state index in [1.165, 1.54) is 24.1 Å². The van der Waals surface area contributed by atoms with Crippen LogP contribution in [-0.4, -0.2) is 6.54 Å². The van der Waals surface area contributed by atoms with E-state index in [4.69, 9.17) is 5.26 Å². The molecule has 0 radical (unpaired) electrons. The van der Waals surface area contributed by atoms with Gasteiger partial charge >= 0.3 is 0 Å². The van der Waals surface area contributed by atoms with Crippen molar-refractivity contribution in [3.8, 4) is 6.07 Å². The zero-order chi connectivity index (χ0) is 10.7. The Morgan fingerprint density at radius 2 is 2.40 bits per heavy atom. The molecular weight excluding hydrogens is 204 g/mol. The Morgan fingerprint density at radius 1 is 1.60 bits per heavy atom. The average molecular weight is 220 g/mol. The highest BCUT2D eigenvalue weighted by Crippen LogP contribution is 2.32. The van der Waals surface area contributed by atoms with Gasteiger partial charge in [-0.05, 0) is 37.9 Å². The molecule has 1 aromatic heterocycles. The lowest BCUT2D eigenvalue weighted by Gasteiger charge is -2.11. The Balaban J connectivity index is 1.78. The normalized spacial score (nSPS) is 17.3. The van der Waals surface area contributed by atoms with Gasteiger partial charge in [-0.25, -0.2) is 0 Å². The van der Waals surface area contributed by atoms with Gasteiger partial charge in [0.2, 0.25) is 0 Å². The van der Waals surface area contributed by atoms with Crippen LogP contribution in [-0.2, 0) is 0 Å². The fraction of sp³-hybridized carbons (Fsp3) is 0.583. The summed E-state index contributed by atoms with van der Waals surface area (Å²) in [6, 6.07) is 6.52. The molecule has 1 saturated carbocycles. The third-order valence-corrected chi connectivity index (χ3v) is 4.04. The van der Waals surface area contributed by atoms with Gasteiger partial charge in [0.15, 0.2) is 0 Å². The van der Waals surface area contributed by atoms with Crippen molar-refractivity contribution in [3.63, 3.8) is 0 Å². The van der Waals surface area contributed by atoms with Crippen molar-refractivity contribution in [1.29, 1.82) is 5.26 Å². The first-order valence-electron chi connectivity index (χ1n) is 5.53. The van der Waals surface area contributed by atoms with Gasteiger partial charge in [0, 0.05) is 10.9 Å². The standard InChI is InChI=1S/C12H16N2S/c1-9(14-7-6-10-2-3-10)12-5-4-11(8-13)15-12/h4-5,9-10,14H,2-3,6-7H2,1H3. The van der Waals surface area contributed by atoms with Crippen LogP contribution in [0.25, 0.3) is 0 Å². The quantitative estimate of drug-likeness (QED) is 0.827. The van der Waals surface area contributed by atoms with E-state index in [-0.39, 0.29) is 0 Å². The molecule has 3 heteroatoms. The van der Waals surface area contributed by atoms with Crippen LogP contribution in [0.2, 0.25) is 0 Å². The molecule has 1 N–H and O–H groups in total. The topological polar surface area (TPSA) is 35.8 Å². The SMILES string of the molecule is CC(NCCC1CC1)c1ccc(C#N)s1. The van der Waals surface area contributed by atoms with Crippen molar-refractivity contribution < 1.29 is 0 Å². The van der Waals surface area contributed by atoms with E-state index in [0.29, 0.717) is 6.04 Å². The molecule has 1 aliphatic rings. The predicted molar refractivity (Wildman–Crippen MR) is 62.8 cm³/mol. The highest BCUT2D eigenvalue weighted by atomic mass is 32.1. The third-order valence-electron chi connectivity index (χ3n) is 2.86. The van der Waals surface area contributed by atoms with Crippen LogP contribution in [0.4, 0.5) is 0 Å². The minimum Gasteiger partial charge on any atom is -0.309 e. The minimum absolute atomic E-state index is 0.385. The van der Waals surface area contributed by atoms with Crippen LogP contribution in [0.5, 0.6) is 0 Å². The summed E-state index contributed by atoms with van der Waals surface area (Å²) in [5.41, 5.74) is 0. The molecule has 0 aliphatic heterocycles. The van der Waals surface area contributed by atoms with Crippen molar-refractivity contribution in [2.24, 2.45) is 5.92 Å². The van der Waals surface area contributed by atoms with Crippen LogP contribution < -0.4 is 5.32 Å². The molecule has 1 fully saturated rings. The van der Waals surface area contributed by atoms with Crippen molar-refractivity contribution >= 4 is 11.3 Å². The van der Waals surface area contributed by atoms with Crippen LogP contribution in [0.1, 0.15) is 42.0 Å². The zero-order valence-electron chi connectivity index (χ0n) is 8.99. The first-order valence-corrected chi connectivity index (χ1v) is 6.34. The van der Waals surface area contributed by atoms with Gasteiger partial charge in [-0.3, -0.25) is 0 Å². The van der Waals surface area contributed by atoms with Crippen molar-refractivity contribution in [1.82, 2.24) is 5.32 Å². The molecule has 80 valence electrons. The van der Waals surface area contributed by atoms with Gasteiger partial charge in [0.05, 0.1) is 0 Å². The molecule has 15 heavy (non-hydrogen) atoms. The van der Waals surface area contributed by atoms with E-state index < -0.39 is 0 Å². The largest absolute Gasteiger partial charge is 0.309 e. The number of thiophene rings is 1. The Kier molecular flexibility index (Phi) is 3.40. The maximum atomic E-state index is 8.73. The molecule has 2 rings (SSSR count). The second-order valence-corrected chi connectivity index (χ2v) is 5.34. The Labute approximate surface area is 94.9 Å². The van der Waals surface area contributed by atoms with E-state index in [0.717, 1.165) is 17.3 Å². The lowest BCUT2D eigenvalue weighted by atomic mass is 10.2. The van der Waals surface area contributed by atoms with E-state index in [1.54, 1.807) is 11.3 Å². The number of nitrogens with one attached hydrogen (secondary N) is 1. The van der Waals surface area contributed by atoms with Crippen molar-refractivity contribution in [2.75, 3.05) is 6.54 Å². The summed E-state index contributed by atoms with van der Waals surface area (Å²) in [5, 5.41) is 12.2. The molecule has 0 saturated heterocycles. The second kappa shape index (κ2) is 4.78. The van der Waals surface area contributed by atoms with Crippen molar-refractivity contribution in [3.05, 3.63) is 21.9 Å². The highest BCUT2D eigenvalue weighted by Gasteiger charge is 2.20. The first-order chi connectivity index (χ1) is 7.29. The number of hydrogen-bond donors (Lipinski definition) is 1. The fourth-order valence-electron chi connectivity index (χ4n) is 1.66. The molecule has 1 aliphatic carbocycles. The molecule has 0 aromatic carbocycles. The summed E-state index contributed by atoms with van der Waals surface area (Å²) in [4.78, 5) is 2.07. The van der Waals surface area contributed by atoms with Gasteiger partial charge in [0.25, 0.3) is 0 Å². The van der Waals surface area contributed by atoms with Gasteiger partial charge < -0.3 is 5.32 Å². The summed E-state index contributed by atoms with van der Waals surface area (Å²) in [5.74, 6) is 0.989. The van der Waals surface area contributed by atoms with E-state index in [2.05, 4.69) is 24.4 Å². The predicted octanol–water partition coefficient (Wildman–Crippen LogP) is 3.07. The molecule has 0 bridgehead atoms. The summed E-state index contributed by atoms with van der Waals surface area (Å²) < 4.78 is 0. The van der Waals surface area contributed by atoms with Crippen LogP contribution in [0.3, 0.4) is 0 Å². The van der Waals surface area contributed by atoms with Gasteiger partial charge in [0.1, 0.15) is 10.9 Å². The molecule has 1 heterocycles. The molecule has 2 nitrogen and oxygen atoms in total. The van der Waals surface area contributed by atoms with Gasteiger partial charge in [-0.1, -0.05) is 12.8 Å². The monoisotopic (exact) mass is 220 g/mol. The van der Waals surface area contributed by atoms with Gasteiger partial charge in [-0.15, -0.1) is 11.3 Å².